The number of carbonyl (C=O) groups is 4. The number of nitrogens with one attached hydrogen (secondary N) is 4. The maximum atomic E-state index is 13.0. The number of aromatic amines is 1. The summed E-state index contributed by atoms with van der Waals surface area (Å²) in [5, 5.41) is 18.2. The van der Waals surface area contributed by atoms with Gasteiger partial charge in [0.1, 0.15) is 12.1 Å². The second kappa shape index (κ2) is 14.6. The van der Waals surface area contributed by atoms with E-state index in [1.807, 2.05) is 30.3 Å². The third-order valence-electron chi connectivity index (χ3n) is 6.37. The van der Waals surface area contributed by atoms with Gasteiger partial charge in [0.05, 0.1) is 12.6 Å². The van der Waals surface area contributed by atoms with E-state index in [-0.39, 0.29) is 25.8 Å². The molecule has 0 saturated heterocycles. The molecule has 0 bridgehead atoms. The van der Waals surface area contributed by atoms with E-state index in [1.54, 1.807) is 30.5 Å². The highest BCUT2D eigenvalue weighted by Gasteiger charge is 2.27. The number of H-pyrrole nitrogens is 1. The van der Waals surface area contributed by atoms with Crippen LogP contribution in [-0.4, -0.2) is 65.0 Å². The SMILES string of the molecule is NCCCCC(NC(=O)CNC(=O)C(N)Cc1c[nH]c2ccccc12)C(=O)NC(Cc1ccccc1)C(=O)O. The summed E-state index contributed by atoms with van der Waals surface area (Å²) in [5.41, 5.74) is 14.2. The second-order valence-corrected chi connectivity index (χ2v) is 9.38. The quantitative estimate of drug-likeness (QED) is 0.138. The number of aromatic nitrogens is 1. The van der Waals surface area contributed by atoms with E-state index in [2.05, 4.69) is 20.9 Å². The number of benzene rings is 2. The van der Waals surface area contributed by atoms with E-state index >= 15 is 0 Å². The minimum atomic E-state index is -1.18. The largest absolute Gasteiger partial charge is 0.480 e. The number of carboxylic acid groups (broad SMARTS) is 1. The van der Waals surface area contributed by atoms with Crippen LogP contribution >= 0.6 is 0 Å². The van der Waals surface area contributed by atoms with Crippen LogP contribution in [-0.2, 0) is 32.0 Å². The maximum Gasteiger partial charge on any atom is 0.326 e. The number of nitrogens with two attached hydrogens (primary N) is 2. The smallest absolute Gasteiger partial charge is 0.326 e. The predicted octanol–water partition coefficient (Wildman–Crippen LogP) is 0.580. The van der Waals surface area contributed by atoms with Crippen LogP contribution in [0.25, 0.3) is 10.9 Å². The lowest BCUT2D eigenvalue weighted by Crippen LogP contribution is -2.54. The normalized spacial score (nSPS) is 13.3. The van der Waals surface area contributed by atoms with Crippen molar-refractivity contribution in [1.82, 2.24) is 20.9 Å². The molecule has 1 heterocycles. The number of rotatable bonds is 15. The highest BCUT2D eigenvalue weighted by molar-refractivity contribution is 5.93. The molecule has 1 aromatic heterocycles. The molecular formula is C28H36N6O5. The number of para-hydroxylation sites is 1. The van der Waals surface area contributed by atoms with E-state index in [9.17, 15) is 24.3 Å². The Labute approximate surface area is 226 Å². The van der Waals surface area contributed by atoms with Gasteiger partial charge < -0.3 is 37.5 Å². The van der Waals surface area contributed by atoms with Crippen molar-refractivity contribution in [3.63, 3.8) is 0 Å². The number of amides is 3. The molecule has 3 aromatic rings. The Bertz CT molecular complexity index is 1260. The lowest BCUT2D eigenvalue weighted by atomic mass is 10.0. The summed E-state index contributed by atoms with van der Waals surface area (Å²) >= 11 is 0. The zero-order chi connectivity index (χ0) is 28.2. The lowest BCUT2D eigenvalue weighted by molar-refractivity contribution is -0.142. The third kappa shape index (κ3) is 8.94. The molecule has 0 aliphatic rings. The Kier molecular flexibility index (Phi) is 11.0. The van der Waals surface area contributed by atoms with Crippen LogP contribution in [0, 0.1) is 0 Å². The number of unbranched alkanes of at least 4 members (excludes halogenated alkanes) is 1. The topological polar surface area (TPSA) is 192 Å². The number of hydrogen-bond donors (Lipinski definition) is 7. The Morgan fingerprint density at radius 3 is 2.31 bits per heavy atom. The molecule has 3 atom stereocenters. The summed E-state index contributed by atoms with van der Waals surface area (Å²) in [6.45, 7) is 0.0336. The summed E-state index contributed by atoms with van der Waals surface area (Å²) in [4.78, 5) is 53.1. The molecule has 0 aliphatic carbocycles. The van der Waals surface area contributed by atoms with Crippen LogP contribution in [0.5, 0.6) is 0 Å². The zero-order valence-corrected chi connectivity index (χ0v) is 21.7. The number of carboxylic acids is 1. The Hall–Kier alpha value is -4.22. The van der Waals surface area contributed by atoms with Crippen molar-refractivity contribution in [3.8, 4) is 0 Å². The van der Waals surface area contributed by atoms with Gasteiger partial charge in [-0.3, -0.25) is 14.4 Å². The first-order valence-corrected chi connectivity index (χ1v) is 12.9. The fraction of sp³-hybridized carbons (Fsp3) is 0.357. The highest BCUT2D eigenvalue weighted by atomic mass is 16.4. The first kappa shape index (κ1) is 29.3. The average Bonchev–Trinajstić information content (AvgIpc) is 3.34. The standard InChI is InChI=1S/C28H36N6O5/c29-13-7-6-12-23(27(37)34-24(28(38)39)14-18-8-2-1-3-9-18)33-25(35)17-32-26(36)21(30)15-19-16-31-22-11-5-4-10-20(19)22/h1-5,8-11,16,21,23-24,31H,6-7,12-15,17,29-30H2,(H,32,36)(H,33,35)(H,34,37)(H,38,39). The number of aliphatic carboxylic acids is 1. The van der Waals surface area contributed by atoms with Crippen molar-refractivity contribution >= 4 is 34.6 Å². The fourth-order valence-electron chi connectivity index (χ4n) is 4.26. The number of hydrogen-bond acceptors (Lipinski definition) is 6. The molecule has 3 rings (SSSR count). The van der Waals surface area contributed by atoms with Crippen molar-refractivity contribution in [2.45, 2.75) is 50.2 Å². The van der Waals surface area contributed by atoms with Gasteiger partial charge in [-0.1, -0.05) is 48.5 Å². The Morgan fingerprint density at radius 1 is 0.872 bits per heavy atom. The summed E-state index contributed by atoms with van der Waals surface area (Å²) in [7, 11) is 0. The molecule has 3 unspecified atom stereocenters. The van der Waals surface area contributed by atoms with Crippen molar-refractivity contribution in [2.75, 3.05) is 13.1 Å². The number of fused-ring (bicyclic) bond motifs is 1. The van der Waals surface area contributed by atoms with Crippen LogP contribution in [0.1, 0.15) is 30.4 Å². The van der Waals surface area contributed by atoms with Gasteiger partial charge in [0.15, 0.2) is 0 Å². The maximum absolute atomic E-state index is 13.0. The van der Waals surface area contributed by atoms with Crippen LogP contribution in [0.3, 0.4) is 0 Å². The monoisotopic (exact) mass is 536 g/mol. The second-order valence-electron chi connectivity index (χ2n) is 9.38. The van der Waals surface area contributed by atoms with E-state index < -0.39 is 41.8 Å². The van der Waals surface area contributed by atoms with E-state index in [1.165, 1.54) is 0 Å². The lowest BCUT2D eigenvalue weighted by Gasteiger charge is -2.22. The van der Waals surface area contributed by atoms with Gasteiger partial charge in [0, 0.05) is 23.5 Å². The van der Waals surface area contributed by atoms with Crippen molar-refractivity contribution in [1.29, 1.82) is 0 Å². The minimum absolute atomic E-state index is 0.0930. The molecule has 9 N–H and O–H groups in total. The van der Waals surface area contributed by atoms with Crippen LogP contribution in [0.2, 0.25) is 0 Å². The summed E-state index contributed by atoms with van der Waals surface area (Å²) < 4.78 is 0. The molecule has 11 nitrogen and oxygen atoms in total. The predicted molar refractivity (Wildman–Crippen MR) is 148 cm³/mol. The van der Waals surface area contributed by atoms with Crippen LogP contribution in [0.15, 0.2) is 60.8 Å². The van der Waals surface area contributed by atoms with E-state index in [0.717, 1.165) is 22.0 Å². The molecule has 208 valence electrons. The molecule has 0 saturated carbocycles. The van der Waals surface area contributed by atoms with E-state index in [4.69, 9.17) is 11.5 Å². The first-order chi connectivity index (χ1) is 18.8. The molecule has 0 spiro atoms. The van der Waals surface area contributed by atoms with Crippen LogP contribution in [0.4, 0.5) is 0 Å². The minimum Gasteiger partial charge on any atom is -0.480 e. The van der Waals surface area contributed by atoms with Gasteiger partial charge in [-0.2, -0.15) is 0 Å². The van der Waals surface area contributed by atoms with Gasteiger partial charge in [-0.15, -0.1) is 0 Å². The molecule has 3 amide bonds. The molecule has 2 aromatic carbocycles. The Morgan fingerprint density at radius 2 is 1.59 bits per heavy atom. The molecule has 0 aliphatic heterocycles. The molecule has 11 heteroatoms. The molecular weight excluding hydrogens is 500 g/mol. The average molecular weight is 537 g/mol. The van der Waals surface area contributed by atoms with Gasteiger partial charge in [0.25, 0.3) is 0 Å². The van der Waals surface area contributed by atoms with Gasteiger partial charge in [-0.25, -0.2) is 4.79 Å². The van der Waals surface area contributed by atoms with Gasteiger partial charge in [-0.05, 0) is 49.4 Å². The first-order valence-electron chi connectivity index (χ1n) is 12.9. The zero-order valence-electron chi connectivity index (χ0n) is 21.7. The van der Waals surface area contributed by atoms with Gasteiger partial charge in [0.2, 0.25) is 17.7 Å². The summed E-state index contributed by atoms with van der Waals surface area (Å²) in [6, 6.07) is 13.6. The summed E-state index contributed by atoms with van der Waals surface area (Å²) in [6.07, 6.45) is 3.62. The number of carbonyl (C=O) groups excluding carboxylic acids is 3. The van der Waals surface area contributed by atoms with Crippen molar-refractivity contribution < 1.29 is 24.3 Å². The highest BCUT2D eigenvalue weighted by Crippen LogP contribution is 2.18. The van der Waals surface area contributed by atoms with Crippen molar-refractivity contribution in [3.05, 3.63) is 71.9 Å². The Balaban J connectivity index is 1.55. The fourth-order valence-corrected chi connectivity index (χ4v) is 4.26. The van der Waals surface area contributed by atoms with Crippen molar-refractivity contribution in [2.24, 2.45) is 11.5 Å². The van der Waals surface area contributed by atoms with E-state index in [0.29, 0.717) is 19.4 Å². The third-order valence-corrected chi connectivity index (χ3v) is 6.37. The van der Waals surface area contributed by atoms with Gasteiger partial charge >= 0.3 is 5.97 Å². The summed E-state index contributed by atoms with van der Waals surface area (Å²) in [5.74, 6) is -2.90. The molecule has 0 fully saturated rings. The molecule has 39 heavy (non-hydrogen) atoms. The molecule has 0 radical (unpaired) electrons. The van der Waals surface area contributed by atoms with Crippen LogP contribution < -0.4 is 27.4 Å².